The fourth-order valence-electron chi connectivity index (χ4n) is 1.93. The van der Waals surface area contributed by atoms with E-state index in [-0.39, 0.29) is 0 Å². The minimum atomic E-state index is 0.758. The van der Waals surface area contributed by atoms with Crippen molar-refractivity contribution in [3.05, 3.63) is 29.3 Å². The smallest absolute Gasteiger partial charge is 0.122 e. The minimum absolute atomic E-state index is 0.758. The van der Waals surface area contributed by atoms with Crippen LogP contribution >= 0.6 is 0 Å². The maximum Gasteiger partial charge on any atom is 0.122 e. The lowest BCUT2D eigenvalue weighted by molar-refractivity contribution is 0.199. The third-order valence-electron chi connectivity index (χ3n) is 2.79. The average molecular weight is 221 g/mol. The fourth-order valence-corrected chi connectivity index (χ4v) is 1.93. The van der Waals surface area contributed by atoms with Crippen LogP contribution < -0.4 is 10.1 Å². The summed E-state index contributed by atoms with van der Waals surface area (Å²) in [5.41, 5.74) is 2.66. The van der Waals surface area contributed by atoms with Crippen molar-refractivity contribution in [3.8, 4) is 5.75 Å². The number of benzene rings is 1. The van der Waals surface area contributed by atoms with Gasteiger partial charge in [-0.15, -0.1) is 0 Å². The third-order valence-corrected chi connectivity index (χ3v) is 2.79. The van der Waals surface area contributed by atoms with Crippen LogP contribution in [0, 0.1) is 0 Å². The Balaban J connectivity index is 1.90. The molecule has 1 heterocycles. The van der Waals surface area contributed by atoms with Gasteiger partial charge in [-0.2, -0.15) is 0 Å². The molecule has 2 rings (SSSR count). The van der Waals surface area contributed by atoms with Crippen LogP contribution in [0.4, 0.5) is 0 Å². The number of methoxy groups -OCH3 is 1. The molecule has 88 valence electrons. The summed E-state index contributed by atoms with van der Waals surface area (Å²) in [5, 5.41) is 3.34. The summed E-state index contributed by atoms with van der Waals surface area (Å²) in [7, 11) is 1.72. The van der Waals surface area contributed by atoms with Gasteiger partial charge in [0.05, 0.1) is 13.2 Å². The molecular weight excluding hydrogens is 202 g/mol. The van der Waals surface area contributed by atoms with Gasteiger partial charge in [0, 0.05) is 20.2 Å². The molecule has 0 bridgehead atoms. The zero-order chi connectivity index (χ0) is 11.2. The summed E-state index contributed by atoms with van der Waals surface area (Å²) in [6.07, 6.45) is 2.27. The van der Waals surface area contributed by atoms with E-state index < -0.39 is 0 Å². The highest BCUT2D eigenvalue weighted by molar-refractivity contribution is 5.38. The van der Waals surface area contributed by atoms with E-state index in [9.17, 15) is 0 Å². The van der Waals surface area contributed by atoms with E-state index in [4.69, 9.17) is 9.47 Å². The van der Waals surface area contributed by atoms with E-state index in [1.54, 1.807) is 7.11 Å². The van der Waals surface area contributed by atoms with Gasteiger partial charge in [0.25, 0.3) is 0 Å². The number of rotatable bonds is 5. The molecule has 3 nitrogen and oxygen atoms in total. The van der Waals surface area contributed by atoms with E-state index in [1.165, 1.54) is 11.1 Å². The van der Waals surface area contributed by atoms with E-state index >= 15 is 0 Å². The highest BCUT2D eigenvalue weighted by Gasteiger charge is 2.09. The molecule has 1 aliphatic rings. The zero-order valence-corrected chi connectivity index (χ0v) is 9.79. The number of hydrogen-bond donors (Lipinski definition) is 1. The van der Waals surface area contributed by atoms with E-state index in [0.29, 0.717) is 0 Å². The monoisotopic (exact) mass is 221 g/mol. The number of aryl methyl sites for hydroxylation is 1. The molecule has 1 aliphatic heterocycles. The number of hydrogen-bond acceptors (Lipinski definition) is 3. The van der Waals surface area contributed by atoms with Crippen LogP contribution in [0.15, 0.2) is 18.2 Å². The fraction of sp³-hybridized carbons (Fsp3) is 0.538. The quantitative estimate of drug-likeness (QED) is 0.768. The summed E-state index contributed by atoms with van der Waals surface area (Å²) in [6.45, 7) is 3.41. The van der Waals surface area contributed by atoms with Gasteiger partial charge >= 0.3 is 0 Å². The first-order valence-corrected chi connectivity index (χ1v) is 5.84. The van der Waals surface area contributed by atoms with Gasteiger partial charge in [0.2, 0.25) is 0 Å². The van der Waals surface area contributed by atoms with Crippen LogP contribution in [0.3, 0.4) is 0 Å². The number of ether oxygens (including phenoxy) is 2. The van der Waals surface area contributed by atoms with Crippen molar-refractivity contribution >= 4 is 0 Å². The van der Waals surface area contributed by atoms with Crippen molar-refractivity contribution in [2.45, 2.75) is 19.4 Å². The Morgan fingerprint density at radius 3 is 3.25 bits per heavy atom. The molecule has 0 saturated carbocycles. The second-order valence-corrected chi connectivity index (χ2v) is 4.06. The highest BCUT2D eigenvalue weighted by Crippen LogP contribution is 2.25. The summed E-state index contributed by atoms with van der Waals surface area (Å²) in [4.78, 5) is 0. The van der Waals surface area contributed by atoms with Crippen LogP contribution in [-0.4, -0.2) is 26.9 Å². The molecule has 0 aliphatic carbocycles. The van der Waals surface area contributed by atoms with Crippen molar-refractivity contribution in [2.75, 3.05) is 26.9 Å². The lowest BCUT2D eigenvalue weighted by Crippen LogP contribution is -2.19. The van der Waals surface area contributed by atoms with E-state index in [1.807, 2.05) is 0 Å². The van der Waals surface area contributed by atoms with Gasteiger partial charge < -0.3 is 14.8 Å². The second-order valence-electron chi connectivity index (χ2n) is 4.06. The summed E-state index contributed by atoms with van der Waals surface area (Å²) >= 11 is 0. The average Bonchev–Trinajstić information content (AvgIpc) is 2.34. The Labute approximate surface area is 96.8 Å². The molecule has 0 spiro atoms. The first kappa shape index (κ1) is 11.4. The summed E-state index contributed by atoms with van der Waals surface area (Å²) in [5.74, 6) is 1.06. The minimum Gasteiger partial charge on any atom is -0.493 e. The Hall–Kier alpha value is -1.06. The SMILES string of the molecule is COCCNCc1ccc2c(c1)CCCO2. The molecule has 1 N–H and O–H groups in total. The van der Waals surface area contributed by atoms with Gasteiger partial charge in [0.15, 0.2) is 0 Å². The third kappa shape index (κ3) is 2.97. The predicted molar refractivity (Wildman–Crippen MR) is 63.8 cm³/mol. The Morgan fingerprint density at radius 2 is 2.38 bits per heavy atom. The van der Waals surface area contributed by atoms with Crippen molar-refractivity contribution < 1.29 is 9.47 Å². The topological polar surface area (TPSA) is 30.5 Å². The number of fused-ring (bicyclic) bond motifs is 1. The van der Waals surface area contributed by atoms with Crippen molar-refractivity contribution in [1.29, 1.82) is 0 Å². The van der Waals surface area contributed by atoms with Gasteiger partial charge in [-0.3, -0.25) is 0 Å². The van der Waals surface area contributed by atoms with Gasteiger partial charge in [-0.1, -0.05) is 12.1 Å². The molecule has 0 amide bonds. The lowest BCUT2D eigenvalue weighted by Gasteiger charge is -2.18. The van der Waals surface area contributed by atoms with Crippen molar-refractivity contribution in [1.82, 2.24) is 5.32 Å². The first-order chi connectivity index (χ1) is 7.90. The molecule has 0 atom stereocenters. The largest absolute Gasteiger partial charge is 0.493 e. The Morgan fingerprint density at radius 1 is 1.44 bits per heavy atom. The van der Waals surface area contributed by atoms with Crippen LogP contribution in [0.25, 0.3) is 0 Å². The highest BCUT2D eigenvalue weighted by atomic mass is 16.5. The second kappa shape index (κ2) is 5.87. The molecular formula is C13H19NO2. The predicted octanol–water partition coefficient (Wildman–Crippen LogP) is 1.75. The van der Waals surface area contributed by atoms with Crippen LogP contribution in [-0.2, 0) is 17.7 Å². The maximum absolute atomic E-state index is 5.58. The molecule has 1 aromatic carbocycles. The van der Waals surface area contributed by atoms with Crippen LogP contribution in [0.1, 0.15) is 17.5 Å². The zero-order valence-electron chi connectivity index (χ0n) is 9.79. The maximum atomic E-state index is 5.58. The molecule has 0 radical (unpaired) electrons. The van der Waals surface area contributed by atoms with Gasteiger partial charge in [0.1, 0.15) is 5.75 Å². The van der Waals surface area contributed by atoms with Gasteiger partial charge in [-0.05, 0) is 30.0 Å². The molecule has 3 heteroatoms. The number of nitrogens with one attached hydrogen (secondary N) is 1. The van der Waals surface area contributed by atoms with Gasteiger partial charge in [-0.25, -0.2) is 0 Å². The molecule has 16 heavy (non-hydrogen) atoms. The summed E-state index contributed by atoms with van der Waals surface area (Å²) in [6, 6.07) is 6.46. The van der Waals surface area contributed by atoms with Crippen LogP contribution in [0.2, 0.25) is 0 Å². The van der Waals surface area contributed by atoms with Crippen molar-refractivity contribution in [3.63, 3.8) is 0 Å². The van der Waals surface area contributed by atoms with E-state index in [0.717, 1.165) is 44.9 Å². The van der Waals surface area contributed by atoms with Crippen molar-refractivity contribution in [2.24, 2.45) is 0 Å². The Bertz CT molecular complexity index is 339. The molecule has 0 unspecified atom stereocenters. The first-order valence-electron chi connectivity index (χ1n) is 5.84. The lowest BCUT2D eigenvalue weighted by atomic mass is 10.0. The molecule has 1 aromatic rings. The molecule has 0 saturated heterocycles. The normalized spacial score (nSPS) is 14.3. The van der Waals surface area contributed by atoms with E-state index in [2.05, 4.69) is 23.5 Å². The standard InChI is InChI=1S/C13H19NO2/c1-15-8-6-14-10-11-4-5-13-12(9-11)3-2-7-16-13/h4-5,9,14H,2-3,6-8,10H2,1H3. The molecule has 0 aromatic heterocycles. The molecule has 0 fully saturated rings. The summed E-state index contributed by atoms with van der Waals surface area (Å²) < 4.78 is 10.6. The van der Waals surface area contributed by atoms with Crippen LogP contribution in [0.5, 0.6) is 5.75 Å². The Kier molecular flexibility index (Phi) is 4.19.